The number of nitrogens with zero attached hydrogens (tertiary/aromatic N) is 2. The van der Waals surface area contributed by atoms with E-state index in [-0.39, 0.29) is 0 Å². The lowest BCUT2D eigenvalue weighted by Crippen LogP contribution is -1.97. The maximum Gasteiger partial charge on any atom is 0.145 e. The Bertz CT molecular complexity index is 1820. The second kappa shape index (κ2) is 8.21. The Hall–Kier alpha value is -4.69. The summed E-state index contributed by atoms with van der Waals surface area (Å²) in [7, 11) is 0. The Morgan fingerprint density at radius 1 is 0.556 bits per heavy atom. The number of pyridine rings is 1. The average molecular weight is 461 g/mol. The van der Waals surface area contributed by atoms with E-state index in [0.29, 0.717) is 0 Å². The molecule has 0 saturated heterocycles. The van der Waals surface area contributed by atoms with Gasteiger partial charge in [-0.1, -0.05) is 115 Å². The van der Waals surface area contributed by atoms with Crippen LogP contribution >= 0.6 is 0 Å². The summed E-state index contributed by atoms with van der Waals surface area (Å²) in [5, 5.41) is 3.69. The van der Waals surface area contributed by atoms with Crippen LogP contribution in [0.3, 0.4) is 0 Å². The van der Waals surface area contributed by atoms with Gasteiger partial charge in [-0.3, -0.25) is 4.40 Å². The normalized spacial score (nSPS) is 11.5. The van der Waals surface area contributed by atoms with Crippen LogP contribution in [0.1, 0.15) is 5.56 Å². The molecule has 0 radical (unpaired) electrons. The Morgan fingerprint density at radius 3 is 1.83 bits per heavy atom. The minimum Gasteiger partial charge on any atom is -0.292 e. The van der Waals surface area contributed by atoms with Crippen molar-refractivity contribution >= 4 is 27.3 Å². The molecule has 2 aromatic heterocycles. The van der Waals surface area contributed by atoms with Crippen LogP contribution in [0.2, 0.25) is 0 Å². The van der Waals surface area contributed by atoms with E-state index in [2.05, 4.69) is 139 Å². The summed E-state index contributed by atoms with van der Waals surface area (Å²) in [6, 6.07) is 43.2. The highest BCUT2D eigenvalue weighted by Crippen LogP contribution is 2.42. The lowest BCUT2D eigenvalue weighted by Gasteiger charge is -2.17. The van der Waals surface area contributed by atoms with Gasteiger partial charge in [-0.15, -0.1) is 0 Å². The molecule has 7 rings (SSSR count). The van der Waals surface area contributed by atoms with Gasteiger partial charge in [0.2, 0.25) is 0 Å². The molecule has 0 aliphatic rings. The van der Waals surface area contributed by atoms with Crippen molar-refractivity contribution in [3.63, 3.8) is 0 Å². The van der Waals surface area contributed by atoms with E-state index in [9.17, 15) is 0 Å². The van der Waals surface area contributed by atoms with Gasteiger partial charge in [0.05, 0.1) is 17.4 Å². The number of imidazole rings is 1. The van der Waals surface area contributed by atoms with Gasteiger partial charge in [0, 0.05) is 16.3 Å². The number of aromatic nitrogens is 2. The molecule has 0 N–H and O–H groups in total. The van der Waals surface area contributed by atoms with Gasteiger partial charge in [0.25, 0.3) is 0 Å². The van der Waals surface area contributed by atoms with Crippen LogP contribution in [0.25, 0.3) is 60.8 Å². The highest BCUT2D eigenvalue weighted by molar-refractivity contribution is 6.14. The molecule has 170 valence electrons. The third-order valence-electron chi connectivity index (χ3n) is 7.18. The fourth-order valence-electron chi connectivity index (χ4n) is 5.58. The van der Waals surface area contributed by atoms with Gasteiger partial charge >= 0.3 is 0 Å². The van der Waals surface area contributed by atoms with Gasteiger partial charge in [-0.25, -0.2) is 4.98 Å². The lowest BCUT2D eigenvalue weighted by molar-refractivity contribution is 1.27. The summed E-state index contributed by atoms with van der Waals surface area (Å²) < 4.78 is 2.36. The van der Waals surface area contributed by atoms with Gasteiger partial charge in [-0.2, -0.15) is 0 Å². The van der Waals surface area contributed by atoms with Crippen molar-refractivity contribution in [2.45, 2.75) is 6.92 Å². The van der Waals surface area contributed by atoms with E-state index in [1.54, 1.807) is 0 Å². The maximum absolute atomic E-state index is 5.07. The van der Waals surface area contributed by atoms with Crippen LogP contribution in [0.5, 0.6) is 0 Å². The van der Waals surface area contributed by atoms with Crippen LogP contribution in [0, 0.1) is 6.92 Å². The van der Waals surface area contributed by atoms with Gasteiger partial charge < -0.3 is 0 Å². The van der Waals surface area contributed by atoms with Crippen molar-refractivity contribution in [2.75, 3.05) is 0 Å². The van der Waals surface area contributed by atoms with Crippen LogP contribution < -0.4 is 0 Å². The number of rotatable bonds is 3. The quantitative estimate of drug-likeness (QED) is 0.241. The Labute approximate surface area is 210 Å². The number of hydrogen-bond donors (Lipinski definition) is 0. The largest absolute Gasteiger partial charge is 0.292 e. The monoisotopic (exact) mass is 460 g/mol. The minimum atomic E-state index is 0.999. The van der Waals surface area contributed by atoms with E-state index in [4.69, 9.17) is 4.98 Å². The highest BCUT2D eigenvalue weighted by Gasteiger charge is 2.20. The summed E-state index contributed by atoms with van der Waals surface area (Å²) in [5.41, 5.74) is 10.5. The van der Waals surface area contributed by atoms with Gasteiger partial charge in [-0.05, 0) is 46.2 Å². The van der Waals surface area contributed by atoms with Crippen molar-refractivity contribution in [1.29, 1.82) is 0 Å². The molecule has 0 aliphatic heterocycles. The molecule has 0 unspecified atom stereocenters. The van der Waals surface area contributed by atoms with Gasteiger partial charge in [0.1, 0.15) is 5.65 Å². The fourth-order valence-corrected chi connectivity index (χ4v) is 5.58. The molecule has 0 aliphatic carbocycles. The molecular weight excluding hydrogens is 436 g/mol. The third kappa shape index (κ3) is 3.08. The number of aryl methyl sites for hydroxylation is 1. The van der Waals surface area contributed by atoms with Crippen LogP contribution in [0.15, 0.2) is 128 Å². The zero-order valence-corrected chi connectivity index (χ0v) is 20.0. The number of para-hydroxylation sites is 1. The van der Waals surface area contributed by atoms with Crippen molar-refractivity contribution < 1.29 is 0 Å². The SMILES string of the molecule is Cc1cccc2c3ccccc3n3c(-c4c(-c5ccccc5)cccc4-c4ccccc4)cnc3c12. The number of fused-ring (bicyclic) bond motifs is 6. The topological polar surface area (TPSA) is 17.3 Å². The molecule has 0 spiro atoms. The molecule has 0 amide bonds. The van der Waals surface area contributed by atoms with E-state index in [1.807, 2.05) is 0 Å². The zero-order chi connectivity index (χ0) is 24.1. The minimum absolute atomic E-state index is 0.999. The molecule has 2 heterocycles. The first-order valence-corrected chi connectivity index (χ1v) is 12.3. The Morgan fingerprint density at radius 2 is 1.14 bits per heavy atom. The summed E-state index contributed by atoms with van der Waals surface area (Å²) >= 11 is 0. The van der Waals surface area contributed by atoms with E-state index in [1.165, 1.54) is 55.1 Å². The summed E-state index contributed by atoms with van der Waals surface area (Å²) in [6.45, 7) is 2.18. The predicted molar refractivity (Wildman–Crippen MR) is 151 cm³/mol. The van der Waals surface area contributed by atoms with E-state index < -0.39 is 0 Å². The summed E-state index contributed by atoms with van der Waals surface area (Å²) in [5.74, 6) is 0. The average Bonchev–Trinajstić information content (AvgIpc) is 3.39. The van der Waals surface area contributed by atoms with Crippen LogP contribution in [0.4, 0.5) is 0 Å². The first kappa shape index (κ1) is 20.7. The van der Waals surface area contributed by atoms with Crippen molar-refractivity contribution in [3.05, 3.63) is 133 Å². The number of benzene rings is 5. The van der Waals surface area contributed by atoms with Crippen molar-refractivity contribution in [2.24, 2.45) is 0 Å². The second-order valence-electron chi connectivity index (χ2n) is 9.28. The zero-order valence-electron chi connectivity index (χ0n) is 20.0. The molecule has 5 aromatic carbocycles. The van der Waals surface area contributed by atoms with Crippen LogP contribution in [-0.4, -0.2) is 9.38 Å². The fraction of sp³-hybridized carbons (Fsp3) is 0.0294. The standard InChI is InChI=1S/C34H24N2/c1-23-12-10-20-29-28-17-8-9-21-30(28)36-31(22-35-34(36)32(23)29)33-26(24-13-4-2-5-14-24)18-11-19-27(33)25-15-6-3-7-16-25/h2-22H,1H3. The van der Waals surface area contributed by atoms with Crippen LogP contribution in [-0.2, 0) is 0 Å². The van der Waals surface area contributed by atoms with E-state index in [0.717, 1.165) is 11.3 Å². The first-order chi connectivity index (χ1) is 17.8. The smallest absolute Gasteiger partial charge is 0.145 e. The van der Waals surface area contributed by atoms with Crippen molar-refractivity contribution in [1.82, 2.24) is 9.38 Å². The highest BCUT2D eigenvalue weighted by atomic mass is 15.0. The summed E-state index contributed by atoms with van der Waals surface area (Å²) in [4.78, 5) is 5.07. The predicted octanol–water partition coefficient (Wildman–Crippen LogP) is 8.95. The second-order valence-corrected chi connectivity index (χ2v) is 9.28. The maximum atomic E-state index is 5.07. The van der Waals surface area contributed by atoms with Gasteiger partial charge in [0.15, 0.2) is 0 Å². The molecule has 2 heteroatoms. The molecule has 2 nitrogen and oxygen atoms in total. The molecule has 0 bridgehead atoms. The lowest BCUT2D eigenvalue weighted by atomic mass is 9.90. The van der Waals surface area contributed by atoms with E-state index >= 15 is 0 Å². The molecule has 0 fully saturated rings. The number of hydrogen-bond acceptors (Lipinski definition) is 1. The molecule has 0 atom stereocenters. The van der Waals surface area contributed by atoms with Crippen molar-refractivity contribution in [3.8, 4) is 33.5 Å². The summed E-state index contributed by atoms with van der Waals surface area (Å²) in [6.07, 6.45) is 2.06. The molecule has 7 aromatic rings. The third-order valence-corrected chi connectivity index (χ3v) is 7.18. The first-order valence-electron chi connectivity index (χ1n) is 12.3. The molecular formula is C34H24N2. The molecule has 36 heavy (non-hydrogen) atoms. The Balaban J connectivity index is 1.68. The molecule has 0 saturated carbocycles. The Kier molecular flexibility index (Phi) is 4.71.